The lowest BCUT2D eigenvalue weighted by molar-refractivity contribution is 1.11. The summed E-state index contributed by atoms with van der Waals surface area (Å²) in [6.07, 6.45) is 0. The summed E-state index contributed by atoms with van der Waals surface area (Å²) >= 11 is 9.42. The maximum Gasteiger partial charge on any atom is 0.160 e. The van der Waals surface area contributed by atoms with Crippen LogP contribution in [0.15, 0.2) is 59.1 Å². The van der Waals surface area contributed by atoms with Gasteiger partial charge in [-0.05, 0) is 37.3 Å². The van der Waals surface area contributed by atoms with Crippen molar-refractivity contribution < 1.29 is 0 Å². The summed E-state index contributed by atoms with van der Waals surface area (Å²) < 4.78 is 1.01. The zero-order valence-corrected chi connectivity index (χ0v) is 13.7. The molecule has 0 saturated carbocycles. The number of aryl methyl sites for hydroxylation is 1. The van der Waals surface area contributed by atoms with E-state index >= 15 is 0 Å². The smallest absolute Gasteiger partial charge is 0.160 e. The zero-order chi connectivity index (χ0) is 14.8. The van der Waals surface area contributed by atoms with Gasteiger partial charge in [-0.3, -0.25) is 0 Å². The summed E-state index contributed by atoms with van der Waals surface area (Å²) in [6.45, 7) is 1.97. The molecule has 0 aliphatic carbocycles. The monoisotopic (exact) mass is 358 g/mol. The van der Waals surface area contributed by atoms with Crippen LogP contribution in [0.1, 0.15) is 5.69 Å². The van der Waals surface area contributed by atoms with E-state index in [0.717, 1.165) is 37.8 Å². The summed E-state index contributed by atoms with van der Waals surface area (Å²) in [6, 6.07) is 17.6. The molecule has 0 unspecified atom stereocenters. The second kappa shape index (κ2) is 5.96. The van der Waals surface area contributed by atoms with Crippen LogP contribution in [-0.2, 0) is 0 Å². The van der Waals surface area contributed by atoms with Crippen molar-refractivity contribution in [2.45, 2.75) is 6.92 Å². The van der Waals surface area contributed by atoms with Gasteiger partial charge in [0.2, 0.25) is 0 Å². The van der Waals surface area contributed by atoms with Crippen LogP contribution in [0.3, 0.4) is 0 Å². The van der Waals surface area contributed by atoms with Gasteiger partial charge in [0.1, 0.15) is 0 Å². The molecule has 1 heterocycles. The number of halogens is 2. The molecule has 0 aliphatic heterocycles. The highest BCUT2D eigenvalue weighted by molar-refractivity contribution is 9.10. The molecule has 0 atom stereocenters. The molecule has 104 valence electrons. The fourth-order valence-electron chi connectivity index (χ4n) is 2.09. The van der Waals surface area contributed by atoms with E-state index < -0.39 is 0 Å². The van der Waals surface area contributed by atoms with E-state index in [4.69, 9.17) is 11.6 Å². The molecule has 1 aromatic heterocycles. The molecule has 2 aromatic carbocycles. The van der Waals surface area contributed by atoms with Gasteiger partial charge < -0.3 is 0 Å². The molecular formula is C17H12BrClN2. The number of nitrogens with zero attached hydrogens (tertiary/aromatic N) is 2. The summed E-state index contributed by atoms with van der Waals surface area (Å²) in [7, 11) is 0. The Balaban J connectivity index is 2.10. The Labute approximate surface area is 137 Å². The van der Waals surface area contributed by atoms with Crippen LogP contribution in [0.5, 0.6) is 0 Å². The Morgan fingerprint density at radius 1 is 0.905 bits per heavy atom. The Bertz CT molecular complexity index is 785. The zero-order valence-electron chi connectivity index (χ0n) is 11.3. The first-order valence-corrected chi connectivity index (χ1v) is 7.66. The highest BCUT2D eigenvalue weighted by Gasteiger charge is 2.07. The third kappa shape index (κ3) is 3.31. The number of hydrogen-bond acceptors (Lipinski definition) is 2. The quantitative estimate of drug-likeness (QED) is 0.601. The van der Waals surface area contributed by atoms with Crippen molar-refractivity contribution in [3.8, 4) is 22.6 Å². The van der Waals surface area contributed by atoms with Crippen LogP contribution in [0.2, 0.25) is 5.02 Å². The fourth-order valence-corrected chi connectivity index (χ4v) is 2.62. The van der Waals surface area contributed by atoms with Gasteiger partial charge in [-0.1, -0.05) is 51.8 Å². The van der Waals surface area contributed by atoms with Gasteiger partial charge in [0, 0.05) is 26.3 Å². The van der Waals surface area contributed by atoms with Crippen molar-refractivity contribution >= 4 is 27.5 Å². The fraction of sp³-hybridized carbons (Fsp3) is 0.0588. The molecule has 0 fully saturated rings. The number of aromatic nitrogens is 2. The van der Waals surface area contributed by atoms with E-state index in [-0.39, 0.29) is 0 Å². The summed E-state index contributed by atoms with van der Waals surface area (Å²) in [5.41, 5.74) is 3.85. The normalized spacial score (nSPS) is 10.6. The van der Waals surface area contributed by atoms with E-state index in [1.165, 1.54) is 0 Å². The Hall–Kier alpha value is -1.71. The standard InChI is InChI=1S/C17H12BrClN2/c1-11-9-16(12-5-7-15(19)8-6-12)21-17(20-11)13-3-2-4-14(18)10-13/h2-10H,1H3. The van der Waals surface area contributed by atoms with Crippen LogP contribution in [0, 0.1) is 6.92 Å². The lowest BCUT2D eigenvalue weighted by atomic mass is 10.1. The highest BCUT2D eigenvalue weighted by atomic mass is 79.9. The van der Waals surface area contributed by atoms with Gasteiger partial charge >= 0.3 is 0 Å². The van der Waals surface area contributed by atoms with E-state index in [1.807, 2.05) is 61.5 Å². The third-order valence-corrected chi connectivity index (χ3v) is 3.82. The minimum absolute atomic E-state index is 0.719. The average molecular weight is 360 g/mol. The van der Waals surface area contributed by atoms with Crippen molar-refractivity contribution in [3.05, 3.63) is 69.8 Å². The first kappa shape index (κ1) is 14.2. The van der Waals surface area contributed by atoms with Crippen molar-refractivity contribution in [2.75, 3.05) is 0 Å². The summed E-state index contributed by atoms with van der Waals surface area (Å²) in [5.74, 6) is 0.723. The minimum atomic E-state index is 0.719. The predicted octanol–water partition coefficient (Wildman–Crippen LogP) is 5.53. The van der Waals surface area contributed by atoms with Crippen LogP contribution < -0.4 is 0 Å². The van der Waals surface area contributed by atoms with E-state index in [2.05, 4.69) is 25.9 Å². The van der Waals surface area contributed by atoms with Crippen molar-refractivity contribution in [1.29, 1.82) is 0 Å². The summed E-state index contributed by atoms with van der Waals surface area (Å²) in [5, 5.41) is 0.719. The van der Waals surface area contributed by atoms with Crippen LogP contribution in [0.4, 0.5) is 0 Å². The maximum absolute atomic E-state index is 5.94. The number of benzene rings is 2. The molecule has 3 rings (SSSR count). The topological polar surface area (TPSA) is 25.8 Å². The van der Waals surface area contributed by atoms with Gasteiger partial charge in [-0.2, -0.15) is 0 Å². The molecule has 21 heavy (non-hydrogen) atoms. The first-order chi connectivity index (χ1) is 10.1. The van der Waals surface area contributed by atoms with Crippen LogP contribution in [-0.4, -0.2) is 9.97 Å². The first-order valence-electron chi connectivity index (χ1n) is 6.49. The van der Waals surface area contributed by atoms with Gasteiger partial charge in [0.15, 0.2) is 5.82 Å². The van der Waals surface area contributed by atoms with Crippen LogP contribution >= 0.6 is 27.5 Å². The molecule has 0 amide bonds. The van der Waals surface area contributed by atoms with Gasteiger partial charge in [0.05, 0.1) is 5.69 Å². The molecule has 0 bridgehead atoms. The van der Waals surface area contributed by atoms with Crippen LogP contribution in [0.25, 0.3) is 22.6 Å². The molecule has 0 spiro atoms. The van der Waals surface area contributed by atoms with Crippen molar-refractivity contribution in [2.24, 2.45) is 0 Å². The lowest BCUT2D eigenvalue weighted by Crippen LogP contribution is -1.95. The summed E-state index contributed by atoms with van der Waals surface area (Å²) in [4.78, 5) is 9.20. The van der Waals surface area contributed by atoms with E-state index in [9.17, 15) is 0 Å². The highest BCUT2D eigenvalue weighted by Crippen LogP contribution is 2.25. The second-order valence-corrected chi connectivity index (χ2v) is 6.09. The van der Waals surface area contributed by atoms with E-state index in [1.54, 1.807) is 0 Å². The van der Waals surface area contributed by atoms with Gasteiger partial charge in [-0.25, -0.2) is 9.97 Å². The number of rotatable bonds is 2. The SMILES string of the molecule is Cc1cc(-c2ccc(Cl)cc2)nc(-c2cccc(Br)c2)n1. The molecular weight excluding hydrogens is 348 g/mol. The van der Waals surface area contributed by atoms with E-state index in [0.29, 0.717) is 0 Å². The second-order valence-electron chi connectivity index (χ2n) is 4.74. The minimum Gasteiger partial charge on any atom is -0.233 e. The predicted molar refractivity (Wildman–Crippen MR) is 90.4 cm³/mol. The molecule has 3 aromatic rings. The Morgan fingerprint density at radius 3 is 2.38 bits per heavy atom. The largest absolute Gasteiger partial charge is 0.233 e. The van der Waals surface area contributed by atoms with Gasteiger partial charge in [0.25, 0.3) is 0 Å². The Kier molecular flexibility index (Phi) is 4.04. The maximum atomic E-state index is 5.94. The Morgan fingerprint density at radius 2 is 1.67 bits per heavy atom. The number of hydrogen-bond donors (Lipinski definition) is 0. The molecule has 4 heteroatoms. The molecule has 0 saturated heterocycles. The third-order valence-electron chi connectivity index (χ3n) is 3.08. The van der Waals surface area contributed by atoms with Crippen molar-refractivity contribution in [3.63, 3.8) is 0 Å². The molecule has 0 N–H and O–H groups in total. The van der Waals surface area contributed by atoms with Crippen molar-refractivity contribution in [1.82, 2.24) is 9.97 Å². The lowest BCUT2D eigenvalue weighted by Gasteiger charge is -2.07. The molecule has 0 radical (unpaired) electrons. The average Bonchev–Trinajstić information content (AvgIpc) is 2.47. The molecule has 2 nitrogen and oxygen atoms in total. The van der Waals surface area contributed by atoms with Gasteiger partial charge in [-0.15, -0.1) is 0 Å². The molecule has 0 aliphatic rings.